The SMILES string of the molecule is Nc1nnc(SCC(=O)N2N=C3/C(=C\c4ccco4)CCC[C@@H]3[C@H]2c2ccco2)s1. The van der Waals surface area contributed by atoms with Crippen LogP contribution >= 0.6 is 23.1 Å². The van der Waals surface area contributed by atoms with Crippen molar-refractivity contribution in [2.45, 2.75) is 29.6 Å². The molecule has 154 valence electrons. The first-order valence-electron chi connectivity index (χ1n) is 9.59. The molecule has 10 heteroatoms. The number of thioether (sulfide) groups is 1. The van der Waals surface area contributed by atoms with Crippen LogP contribution in [0.15, 0.2) is 60.6 Å². The van der Waals surface area contributed by atoms with Crippen LogP contribution in [-0.2, 0) is 4.79 Å². The largest absolute Gasteiger partial charge is 0.467 e. The van der Waals surface area contributed by atoms with Gasteiger partial charge in [0.05, 0.1) is 24.0 Å². The van der Waals surface area contributed by atoms with Gasteiger partial charge in [0.15, 0.2) is 4.34 Å². The van der Waals surface area contributed by atoms with Gasteiger partial charge >= 0.3 is 0 Å². The van der Waals surface area contributed by atoms with Crippen LogP contribution in [0, 0.1) is 5.92 Å². The van der Waals surface area contributed by atoms with Gasteiger partial charge in [-0.2, -0.15) is 5.10 Å². The van der Waals surface area contributed by atoms with E-state index in [0.29, 0.717) is 9.47 Å². The van der Waals surface area contributed by atoms with E-state index >= 15 is 0 Å². The van der Waals surface area contributed by atoms with Gasteiger partial charge < -0.3 is 14.6 Å². The number of hydrazone groups is 1. The fourth-order valence-corrected chi connectivity index (χ4v) is 5.45. The number of hydrogen-bond acceptors (Lipinski definition) is 9. The molecule has 0 radical (unpaired) electrons. The predicted octanol–water partition coefficient (Wildman–Crippen LogP) is 4.22. The maximum Gasteiger partial charge on any atom is 0.253 e. The smallest absolute Gasteiger partial charge is 0.253 e. The Labute approximate surface area is 180 Å². The molecule has 0 spiro atoms. The Morgan fingerprint density at radius 2 is 2.17 bits per heavy atom. The summed E-state index contributed by atoms with van der Waals surface area (Å²) < 4.78 is 11.9. The standard InChI is InChI=1S/C20H19N5O3S2/c21-19-22-23-20(30-19)29-11-16(26)25-18(15-7-3-9-28-15)14-6-1-4-12(17(14)24-25)10-13-5-2-8-27-13/h2-3,5,7-10,14,18H,1,4,6,11H2,(H2,21,22)/b12-10-/t14-,18-/m0/s1. The average molecular weight is 442 g/mol. The molecule has 0 saturated heterocycles. The van der Waals surface area contributed by atoms with Crippen LogP contribution in [0.5, 0.6) is 0 Å². The lowest BCUT2D eigenvalue weighted by Gasteiger charge is -2.27. The molecule has 2 aliphatic rings. The maximum absolute atomic E-state index is 13.1. The van der Waals surface area contributed by atoms with Crippen LogP contribution in [0.3, 0.4) is 0 Å². The van der Waals surface area contributed by atoms with Gasteiger partial charge in [-0.3, -0.25) is 4.79 Å². The second-order valence-corrected chi connectivity index (χ2v) is 9.29. The van der Waals surface area contributed by atoms with Crippen LogP contribution in [0.25, 0.3) is 6.08 Å². The summed E-state index contributed by atoms with van der Waals surface area (Å²) in [5, 5.41) is 14.5. The minimum absolute atomic E-state index is 0.0947. The van der Waals surface area contributed by atoms with Crippen LogP contribution in [0.4, 0.5) is 5.13 Å². The summed E-state index contributed by atoms with van der Waals surface area (Å²) in [5.41, 5.74) is 7.68. The monoisotopic (exact) mass is 441 g/mol. The van der Waals surface area contributed by atoms with Crippen molar-refractivity contribution in [2.24, 2.45) is 11.0 Å². The first kappa shape index (κ1) is 19.1. The van der Waals surface area contributed by atoms with Crippen molar-refractivity contribution >= 4 is 45.9 Å². The van der Waals surface area contributed by atoms with E-state index in [9.17, 15) is 4.79 Å². The zero-order valence-electron chi connectivity index (χ0n) is 15.9. The molecule has 0 bridgehead atoms. The normalized spacial score (nSPS) is 22.3. The maximum atomic E-state index is 13.1. The number of nitrogen functional groups attached to an aromatic ring is 1. The number of carbonyl (C=O) groups excluding carboxylic acids is 1. The highest BCUT2D eigenvalue weighted by atomic mass is 32.2. The third-order valence-electron chi connectivity index (χ3n) is 5.19. The van der Waals surface area contributed by atoms with Gasteiger partial charge in [0.2, 0.25) is 5.13 Å². The van der Waals surface area contributed by atoms with Crippen molar-refractivity contribution in [3.8, 4) is 0 Å². The van der Waals surface area contributed by atoms with Crippen molar-refractivity contribution in [1.29, 1.82) is 0 Å². The molecule has 1 fully saturated rings. The summed E-state index contributed by atoms with van der Waals surface area (Å²) in [6.07, 6.45) is 8.19. The molecule has 0 unspecified atom stereocenters. The topological polar surface area (TPSA) is 111 Å². The number of furan rings is 2. The Balaban J connectivity index is 1.44. The fraction of sp³-hybridized carbons (Fsp3) is 0.300. The van der Waals surface area contributed by atoms with E-state index in [2.05, 4.69) is 10.2 Å². The van der Waals surface area contributed by atoms with E-state index < -0.39 is 0 Å². The molecule has 1 aliphatic carbocycles. The van der Waals surface area contributed by atoms with Gasteiger partial charge in [0.25, 0.3) is 5.91 Å². The van der Waals surface area contributed by atoms with E-state index in [1.807, 2.05) is 30.3 Å². The summed E-state index contributed by atoms with van der Waals surface area (Å²) in [6, 6.07) is 7.29. The van der Waals surface area contributed by atoms with Gasteiger partial charge in [-0.05, 0) is 55.2 Å². The van der Waals surface area contributed by atoms with Crippen LogP contribution in [-0.4, -0.2) is 32.6 Å². The van der Waals surface area contributed by atoms with Gasteiger partial charge in [-0.1, -0.05) is 23.1 Å². The molecule has 0 aromatic carbocycles. The Morgan fingerprint density at radius 1 is 1.30 bits per heavy atom. The van der Waals surface area contributed by atoms with Crippen molar-refractivity contribution in [2.75, 3.05) is 11.5 Å². The molecule has 2 N–H and O–H groups in total. The van der Waals surface area contributed by atoms with Gasteiger partial charge in [-0.25, -0.2) is 5.01 Å². The molecule has 1 aliphatic heterocycles. The highest BCUT2D eigenvalue weighted by Crippen LogP contribution is 2.44. The summed E-state index contributed by atoms with van der Waals surface area (Å²) in [5.74, 6) is 1.73. The van der Waals surface area contributed by atoms with Crippen LogP contribution in [0.1, 0.15) is 36.8 Å². The summed E-state index contributed by atoms with van der Waals surface area (Å²) in [6.45, 7) is 0. The molecule has 3 aromatic heterocycles. The van der Waals surface area contributed by atoms with E-state index in [4.69, 9.17) is 19.7 Å². The number of fused-ring (bicyclic) bond motifs is 1. The minimum atomic E-state index is -0.247. The van der Waals surface area contributed by atoms with E-state index in [1.165, 1.54) is 23.1 Å². The number of nitrogens with two attached hydrogens (primary N) is 1. The van der Waals surface area contributed by atoms with Gasteiger partial charge in [0.1, 0.15) is 17.6 Å². The van der Waals surface area contributed by atoms with E-state index in [0.717, 1.165) is 42.1 Å². The highest BCUT2D eigenvalue weighted by Gasteiger charge is 2.45. The zero-order chi connectivity index (χ0) is 20.5. The average Bonchev–Trinajstić information content (AvgIpc) is 3.52. The summed E-state index contributed by atoms with van der Waals surface area (Å²) in [7, 11) is 0. The lowest BCUT2D eigenvalue weighted by atomic mass is 9.79. The molecule has 4 heterocycles. The number of hydrogen-bond donors (Lipinski definition) is 1. The second-order valence-electron chi connectivity index (χ2n) is 7.06. The van der Waals surface area contributed by atoms with Crippen molar-refractivity contribution in [1.82, 2.24) is 15.2 Å². The molecule has 1 amide bonds. The second kappa shape index (κ2) is 8.11. The lowest BCUT2D eigenvalue weighted by Crippen LogP contribution is -2.32. The Bertz CT molecular complexity index is 1090. The number of rotatable bonds is 5. The number of aromatic nitrogens is 2. The Kier molecular flexibility index (Phi) is 5.17. The Hall–Kier alpha value is -2.85. The zero-order valence-corrected chi connectivity index (χ0v) is 17.6. The first-order chi connectivity index (χ1) is 14.7. The number of amides is 1. The quantitative estimate of drug-likeness (QED) is 0.590. The third-order valence-corrected chi connectivity index (χ3v) is 7.06. The third kappa shape index (κ3) is 3.68. The minimum Gasteiger partial charge on any atom is -0.467 e. The van der Waals surface area contributed by atoms with Crippen LogP contribution in [0.2, 0.25) is 0 Å². The molecule has 1 saturated carbocycles. The Morgan fingerprint density at radius 3 is 2.90 bits per heavy atom. The van der Waals surface area contributed by atoms with Gasteiger partial charge in [-0.15, -0.1) is 10.2 Å². The van der Waals surface area contributed by atoms with E-state index in [-0.39, 0.29) is 23.6 Å². The lowest BCUT2D eigenvalue weighted by molar-refractivity contribution is -0.131. The van der Waals surface area contributed by atoms with Crippen molar-refractivity contribution < 1.29 is 13.6 Å². The molecule has 3 aromatic rings. The van der Waals surface area contributed by atoms with E-state index in [1.54, 1.807) is 17.5 Å². The molecule has 2 atom stereocenters. The highest BCUT2D eigenvalue weighted by molar-refractivity contribution is 8.01. The number of anilines is 1. The number of allylic oxidation sites excluding steroid dienone is 1. The van der Waals surface area contributed by atoms with Gasteiger partial charge in [0, 0.05) is 5.92 Å². The molecular weight excluding hydrogens is 422 g/mol. The molecule has 8 nitrogen and oxygen atoms in total. The first-order valence-corrected chi connectivity index (χ1v) is 11.4. The van der Waals surface area contributed by atoms with Crippen LogP contribution < -0.4 is 5.73 Å². The molecule has 5 rings (SSSR count). The summed E-state index contributed by atoms with van der Waals surface area (Å²) in [4.78, 5) is 13.1. The molecule has 30 heavy (non-hydrogen) atoms. The number of nitrogens with zero attached hydrogens (tertiary/aromatic N) is 4. The fourth-order valence-electron chi connectivity index (χ4n) is 3.96. The predicted molar refractivity (Wildman–Crippen MR) is 115 cm³/mol. The van der Waals surface area contributed by atoms with Crippen molar-refractivity contribution in [3.63, 3.8) is 0 Å². The molecular formula is C20H19N5O3S2. The van der Waals surface area contributed by atoms with Crippen molar-refractivity contribution in [3.05, 3.63) is 53.9 Å². The summed E-state index contributed by atoms with van der Waals surface area (Å²) >= 11 is 2.58. The number of carbonyl (C=O) groups is 1.